The Morgan fingerprint density at radius 2 is 1.83 bits per heavy atom. The van der Waals surface area contributed by atoms with E-state index in [9.17, 15) is 4.79 Å². The summed E-state index contributed by atoms with van der Waals surface area (Å²) in [6.45, 7) is 7.60. The van der Waals surface area contributed by atoms with Crippen molar-refractivity contribution in [1.82, 2.24) is 5.32 Å². The molecule has 0 aliphatic carbocycles. The number of unbranched alkanes of at least 4 members (excludes halogenated alkanes) is 3. The van der Waals surface area contributed by atoms with Crippen LogP contribution in [0.2, 0.25) is 0 Å². The quantitative estimate of drug-likeness (QED) is 0.349. The third-order valence-electron chi connectivity index (χ3n) is 4.29. The van der Waals surface area contributed by atoms with Crippen molar-refractivity contribution in [2.24, 2.45) is 5.92 Å². The van der Waals surface area contributed by atoms with Gasteiger partial charge in [0.05, 0.1) is 18.8 Å². The lowest BCUT2D eigenvalue weighted by Crippen LogP contribution is -2.34. The Bertz CT molecular complexity index is 824. The van der Waals surface area contributed by atoms with Gasteiger partial charge in [-0.25, -0.2) is 0 Å². The van der Waals surface area contributed by atoms with E-state index in [0.29, 0.717) is 30.4 Å². The summed E-state index contributed by atoms with van der Waals surface area (Å²) in [5.41, 5.74) is 1.22. The molecule has 0 spiro atoms. The van der Waals surface area contributed by atoms with Crippen LogP contribution in [0.4, 0.5) is 5.69 Å². The third-order valence-corrected chi connectivity index (χ3v) is 4.49. The maximum atomic E-state index is 12.7. The lowest BCUT2D eigenvalue weighted by Gasteiger charge is -2.14. The molecule has 5 nitrogen and oxygen atoms in total. The first-order valence-corrected chi connectivity index (χ1v) is 11.0. The minimum absolute atomic E-state index is 0.221. The van der Waals surface area contributed by atoms with Gasteiger partial charge in [0.1, 0.15) is 11.5 Å². The number of hydrogen-bond acceptors (Lipinski definition) is 4. The second-order valence-corrected chi connectivity index (χ2v) is 7.95. The molecule has 0 aliphatic rings. The summed E-state index contributed by atoms with van der Waals surface area (Å²) in [7, 11) is 0. The molecule has 0 saturated carbocycles. The van der Waals surface area contributed by atoms with Crippen LogP contribution in [0, 0.1) is 5.92 Å². The molecule has 6 heteroatoms. The number of benzene rings is 2. The summed E-state index contributed by atoms with van der Waals surface area (Å²) in [5, 5.41) is 5.98. The highest BCUT2D eigenvalue weighted by molar-refractivity contribution is 7.80. The average Bonchev–Trinajstić information content (AvgIpc) is 2.72. The summed E-state index contributed by atoms with van der Waals surface area (Å²) >= 11 is 5.32. The number of thiocarbonyl (C=S) groups is 1. The summed E-state index contributed by atoms with van der Waals surface area (Å²) in [4.78, 5) is 12.7. The van der Waals surface area contributed by atoms with Gasteiger partial charge in [-0.05, 0) is 48.8 Å². The Morgan fingerprint density at radius 1 is 1.03 bits per heavy atom. The van der Waals surface area contributed by atoms with Crippen molar-refractivity contribution in [3.8, 4) is 11.5 Å². The fraction of sp³-hybridized carbons (Fsp3) is 0.417. The van der Waals surface area contributed by atoms with Gasteiger partial charge >= 0.3 is 0 Å². The molecule has 2 aromatic carbocycles. The molecule has 2 aromatic rings. The fourth-order valence-corrected chi connectivity index (χ4v) is 2.96. The van der Waals surface area contributed by atoms with Crippen molar-refractivity contribution in [1.29, 1.82) is 0 Å². The Hall–Kier alpha value is -2.60. The van der Waals surface area contributed by atoms with Crippen molar-refractivity contribution < 1.29 is 14.3 Å². The highest BCUT2D eigenvalue weighted by atomic mass is 32.1. The van der Waals surface area contributed by atoms with Gasteiger partial charge in [-0.3, -0.25) is 10.1 Å². The van der Waals surface area contributed by atoms with E-state index in [1.165, 1.54) is 12.8 Å². The van der Waals surface area contributed by atoms with Crippen molar-refractivity contribution in [2.75, 3.05) is 18.5 Å². The van der Waals surface area contributed by atoms with Gasteiger partial charge in [-0.2, -0.15) is 0 Å². The van der Waals surface area contributed by atoms with Crippen molar-refractivity contribution >= 4 is 28.9 Å². The molecule has 0 unspecified atom stereocenters. The highest BCUT2D eigenvalue weighted by Gasteiger charge is 2.14. The fourth-order valence-electron chi connectivity index (χ4n) is 2.75. The molecule has 0 aliphatic heterocycles. The smallest absolute Gasteiger partial charge is 0.261 e. The standard InChI is InChI=1S/C24H32N2O3S/c1-4-5-6-9-15-28-22-14-8-7-13-21(22)23(27)26-24(30)25-19-11-10-12-20(16-19)29-17-18(2)3/h7-8,10-14,16,18H,4-6,9,15,17H2,1-3H3,(H2,25,26,27,30). The predicted molar refractivity (Wildman–Crippen MR) is 127 cm³/mol. The number of anilines is 1. The number of hydrogen-bond donors (Lipinski definition) is 2. The van der Waals surface area contributed by atoms with Crippen LogP contribution in [0.1, 0.15) is 56.8 Å². The zero-order valence-corrected chi connectivity index (χ0v) is 18.9. The summed E-state index contributed by atoms with van der Waals surface area (Å²) < 4.78 is 11.6. The van der Waals surface area contributed by atoms with Crippen molar-refractivity contribution in [3.63, 3.8) is 0 Å². The average molecular weight is 429 g/mol. The molecule has 2 rings (SSSR count). The zero-order valence-electron chi connectivity index (χ0n) is 18.1. The molecule has 2 N–H and O–H groups in total. The minimum atomic E-state index is -0.302. The molecule has 0 heterocycles. The Morgan fingerprint density at radius 3 is 2.60 bits per heavy atom. The number of rotatable bonds is 11. The molecule has 0 saturated heterocycles. The number of para-hydroxylation sites is 1. The van der Waals surface area contributed by atoms with E-state index < -0.39 is 0 Å². The third kappa shape index (κ3) is 8.41. The van der Waals surface area contributed by atoms with Crippen LogP contribution >= 0.6 is 12.2 Å². The zero-order chi connectivity index (χ0) is 21.8. The SMILES string of the molecule is CCCCCCOc1ccccc1C(=O)NC(=S)Nc1cccc(OCC(C)C)c1. The lowest BCUT2D eigenvalue weighted by atomic mass is 10.2. The first kappa shape index (κ1) is 23.7. The number of carbonyl (C=O) groups excluding carboxylic acids is 1. The monoisotopic (exact) mass is 428 g/mol. The summed E-state index contributed by atoms with van der Waals surface area (Å²) in [5.74, 6) is 1.46. The van der Waals surface area contributed by atoms with E-state index >= 15 is 0 Å². The van der Waals surface area contributed by atoms with Gasteiger partial charge in [0, 0.05) is 11.8 Å². The van der Waals surface area contributed by atoms with Crippen molar-refractivity contribution in [2.45, 2.75) is 46.5 Å². The van der Waals surface area contributed by atoms with E-state index in [2.05, 4.69) is 31.4 Å². The van der Waals surface area contributed by atoms with Gasteiger partial charge in [0.15, 0.2) is 5.11 Å². The van der Waals surface area contributed by atoms with E-state index in [1.54, 1.807) is 12.1 Å². The van der Waals surface area contributed by atoms with Crippen LogP contribution < -0.4 is 20.1 Å². The van der Waals surface area contributed by atoms with Crippen LogP contribution in [0.25, 0.3) is 0 Å². The van der Waals surface area contributed by atoms with E-state index in [1.807, 2.05) is 36.4 Å². The second-order valence-electron chi connectivity index (χ2n) is 7.55. The predicted octanol–water partition coefficient (Wildman–Crippen LogP) is 5.81. The number of nitrogens with one attached hydrogen (secondary N) is 2. The van der Waals surface area contributed by atoms with E-state index in [0.717, 1.165) is 24.3 Å². The van der Waals surface area contributed by atoms with E-state index in [-0.39, 0.29) is 11.0 Å². The normalized spacial score (nSPS) is 10.5. The topological polar surface area (TPSA) is 59.6 Å². The van der Waals surface area contributed by atoms with Crippen LogP contribution in [0.5, 0.6) is 11.5 Å². The molecule has 0 bridgehead atoms. The van der Waals surface area contributed by atoms with E-state index in [4.69, 9.17) is 21.7 Å². The van der Waals surface area contributed by atoms with Crippen LogP contribution in [0.3, 0.4) is 0 Å². The Labute approximate surface area is 185 Å². The highest BCUT2D eigenvalue weighted by Crippen LogP contribution is 2.20. The maximum Gasteiger partial charge on any atom is 0.261 e. The van der Waals surface area contributed by atoms with Gasteiger partial charge < -0.3 is 14.8 Å². The summed E-state index contributed by atoms with van der Waals surface area (Å²) in [6.07, 6.45) is 4.46. The molecular weight excluding hydrogens is 396 g/mol. The van der Waals surface area contributed by atoms with Gasteiger partial charge in [-0.1, -0.05) is 58.2 Å². The van der Waals surface area contributed by atoms with Gasteiger partial charge in [-0.15, -0.1) is 0 Å². The molecule has 30 heavy (non-hydrogen) atoms. The van der Waals surface area contributed by atoms with Crippen LogP contribution in [-0.4, -0.2) is 24.2 Å². The van der Waals surface area contributed by atoms with Crippen LogP contribution in [0.15, 0.2) is 48.5 Å². The van der Waals surface area contributed by atoms with Gasteiger partial charge in [0.2, 0.25) is 0 Å². The molecule has 0 fully saturated rings. The Kier molecular flexibility index (Phi) is 10.1. The Balaban J connectivity index is 1.91. The van der Waals surface area contributed by atoms with Crippen LogP contribution in [-0.2, 0) is 0 Å². The number of ether oxygens (including phenoxy) is 2. The molecular formula is C24H32N2O3S. The first-order valence-electron chi connectivity index (χ1n) is 10.6. The second kappa shape index (κ2) is 12.9. The number of amides is 1. The maximum absolute atomic E-state index is 12.7. The summed E-state index contributed by atoms with van der Waals surface area (Å²) in [6, 6.07) is 14.7. The minimum Gasteiger partial charge on any atom is -0.493 e. The molecule has 1 amide bonds. The van der Waals surface area contributed by atoms with Gasteiger partial charge in [0.25, 0.3) is 5.91 Å². The number of carbonyl (C=O) groups is 1. The first-order chi connectivity index (χ1) is 14.5. The molecule has 0 atom stereocenters. The van der Waals surface area contributed by atoms with Crippen molar-refractivity contribution in [3.05, 3.63) is 54.1 Å². The largest absolute Gasteiger partial charge is 0.493 e. The lowest BCUT2D eigenvalue weighted by molar-refractivity contribution is 0.0973. The molecule has 162 valence electrons. The molecule has 0 radical (unpaired) electrons. The molecule has 0 aromatic heterocycles.